The first-order chi connectivity index (χ1) is 12.2. The lowest BCUT2D eigenvalue weighted by Crippen LogP contribution is -2.43. The standard InChI is InChI=1S/C19H30N2O4S/c1-19(2,3)25-18(22)20-14-16-8-7-11-21(15-16)12-13-26(23,24)17-9-5-4-6-10-17/h4-6,9-10,16H,7-8,11-15H2,1-3H3,(H,20,22). The molecule has 1 aromatic rings. The topological polar surface area (TPSA) is 75.7 Å². The minimum Gasteiger partial charge on any atom is -0.444 e. The highest BCUT2D eigenvalue weighted by Gasteiger charge is 2.23. The Morgan fingerprint density at radius 1 is 1.27 bits per heavy atom. The van der Waals surface area contributed by atoms with Crippen LogP contribution in [-0.4, -0.2) is 56.9 Å². The van der Waals surface area contributed by atoms with Crippen LogP contribution in [0.3, 0.4) is 0 Å². The molecule has 1 amide bonds. The number of carbonyl (C=O) groups is 1. The smallest absolute Gasteiger partial charge is 0.407 e. The lowest BCUT2D eigenvalue weighted by Gasteiger charge is -2.32. The normalized spacial score (nSPS) is 19.1. The molecule has 26 heavy (non-hydrogen) atoms. The highest BCUT2D eigenvalue weighted by molar-refractivity contribution is 7.91. The van der Waals surface area contributed by atoms with Crippen molar-refractivity contribution in [1.82, 2.24) is 10.2 Å². The Bertz CT molecular complexity index is 683. The number of hydrogen-bond donors (Lipinski definition) is 1. The van der Waals surface area contributed by atoms with E-state index in [2.05, 4.69) is 10.2 Å². The van der Waals surface area contributed by atoms with E-state index in [1.54, 1.807) is 24.3 Å². The van der Waals surface area contributed by atoms with Crippen LogP contribution in [0.5, 0.6) is 0 Å². The number of benzene rings is 1. The number of nitrogens with one attached hydrogen (secondary N) is 1. The molecule has 1 aliphatic heterocycles. The van der Waals surface area contributed by atoms with Crippen molar-refractivity contribution in [3.63, 3.8) is 0 Å². The SMILES string of the molecule is CC(C)(C)OC(=O)NCC1CCCN(CCS(=O)(=O)c2ccccc2)C1. The zero-order chi connectivity index (χ0) is 19.2. The maximum absolute atomic E-state index is 12.4. The zero-order valence-electron chi connectivity index (χ0n) is 15.9. The quantitative estimate of drug-likeness (QED) is 0.819. The third-order valence-corrected chi connectivity index (χ3v) is 6.03. The predicted molar refractivity (Wildman–Crippen MR) is 102 cm³/mol. The molecular formula is C19H30N2O4S. The fourth-order valence-electron chi connectivity index (χ4n) is 3.06. The summed E-state index contributed by atoms with van der Waals surface area (Å²) in [4.78, 5) is 14.3. The second kappa shape index (κ2) is 8.86. The van der Waals surface area contributed by atoms with E-state index in [0.717, 1.165) is 25.9 Å². The van der Waals surface area contributed by atoms with Crippen LogP contribution in [-0.2, 0) is 14.6 Å². The molecule has 146 valence electrons. The number of amides is 1. The van der Waals surface area contributed by atoms with Crippen LogP contribution in [0.25, 0.3) is 0 Å². The Morgan fingerprint density at radius 2 is 1.96 bits per heavy atom. The predicted octanol–water partition coefficient (Wildman–Crippen LogP) is 2.70. The molecule has 0 saturated carbocycles. The fourth-order valence-corrected chi connectivity index (χ4v) is 4.36. The van der Waals surface area contributed by atoms with E-state index in [-0.39, 0.29) is 5.75 Å². The van der Waals surface area contributed by atoms with Crippen molar-refractivity contribution in [3.05, 3.63) is 30.3 Å². The van der Waals surface area contributed by atoms with Crippen LogP contribution in [0, 0.1) is 5.92 Å². The first kappa shape index (κ1) is 20.7. The van der Waals surface area contributed by atoms with Crippen LogP contribution < -0.4 is 5.32 Å². The largest absolute Gasteiger partial charge is 0.444 e. The van der Waals surface area contributed by atoms with Crippen LogP contribution in [0.15, 0.2) is 35.2 Å². The Balaban J connectivity index is 1.79. The molecular weight excluding hydrogens is 352 g/mol. The Morgan fingerprint density at radius 3 is 2.62 bits per heavy atom. The van der Waals surface area contributed by atoms with Crippen molar-refractivity contribution < 1.29 is 17.9 Å². The van der Waals surface area contributed by atoms with Gasteiger partial charge in [0.2, 0.25) is 0 Å². The number of ether oxygens (including phenoxy) is 1. The van der Waals surface area contributed by atoms with Gasteiger partial charge in [-0.1, -0.05) is 18.2 Å². The average molecular weight is 383 g/mol. The molecule has 0 aromatic heterocycles. The number of rotatable bonds is 6. The molecule has 0 aliphatic carbocycles. The lowest BCUT2D eigenvalue weighted by molar-refractivity contribution is 0.0508. The van der Waals surface area contributed by atoms with Gasteiger partial charge in [-0.05, 0) is 58.2 Å². The van der Waals surface area contributed by atoms with E-state index in [4.69, 9.17) is 4.74 Å². The molecule has 1 N–H and O–H groups in total. The molecule has 1 heterocycles. The Hall–Kier alpha value is -1.60. The molecule has 6 nitrogen and oxygen atoms in total. The van der Waals surface area contributed by atoms with E-state index >= 15 is 0 Å². The summed E-state index contributed by atoms with van der Waals surface area (Å²) in [6.45, 7) is 8.26. The van der Waals surface area contributed by atoms with Gasteiger partial charge in [-0.2, -0.15) is 0 Å². The maximum atomic E-state index is 12.4. The number of nitrogens with zero attached hydrogens (tertiary/aromatic N) is 1. The van der Waals surface area contributed by atoms with E-state index in [1.165, 1.54) is 0 Å². The van der Waals surface area contributed by atoms with Crippen molar-refractivity contribution in [1.29, 1.82) is 0 Å². The van der Waals surface area contributed by atoms with E-state index in [0.29, 0.717) is 23.9 Å². The second-order valence-corrected chi connectivity index (χ2v) is 9.93. The zero-order valence-corrected chi connectivity index (χ0v) is 16.7. The molecule has 7 heteroatoms. The van der Waals surface area contributed by atoms with Crippen molar-refractivity contribution in [3.8, 4) is 0 Å². The monoisotopic (exact) mass is 382 g/mol. The fraction of sp³-hybridized carbons (Fsp3) is 0.632. The highest BCUT2D eigenvalue weighted by atomic mass is 32.2. The minimum absolute atomic E-state index is 0.114. The van der Waals surface area contributed by atoms with Crippen LogP contribution >= 0.6 is 0 Å². The van der Waals surface area contributed by atoms with Gasteiger partial charge < -0.3 is 15.0 Å². The summed E-state index contributed by atoms with van der Waals surface area (Å²) in [5.41, 5.74) is -0.505. The molecule has 1 atom stereocenters. The molecule has 0 spiro atoms. The summed E-state index contributed by atoms with van der Waals surface area (Å²) in [7, 11) is -3.25. The van der Waals surface area contributed by atoms with Crippen molar-refractivity contribution >= 4 is 15.9 Å². The van der Waals surface area contributed by atoms with Crippen LogP contribution in [0.4, 0.5) is 4.79 Å². The number of carbonyl (C=O) groups excluding carboxylic acids is 1. The third-order valence-electron chi connectivity index (χ3n) is 4.32. The summed E-state index contributed by atoms with van der Waals surface area (Å²) in [6, 6.07) is 8.57. The van der Waals surface area contributed by atoms with Gasteiger partial charge in [0.25, 0.3) is 0 Å². The number of alkyl carbamates (subject to hydrolysis) is 1. The third kappa shape index (κ3) is 6.96. The first-order valence-corrected chi connectivity index (χ1v) is 10.8. The number of likely N-dealkylation sites (tertiary alicyclic amines) is 1. The van der Waals surface area contributed by atoms with Crippen molar-refractivity contribution in [2.24, 2.45) is 5.92 Å². The Labute approximate surface area is 156 Å². The van der Waals surface area contributed by atoms with Crippen LogP contribution in [0.2, 0.25) is 0 Å². The van der Waals surface area contributed by atoms with E-state index in [1.807, 2.05) is 26.8 Å². The summed E-state index contributed by atoms with van der Waals surface area (Å²) in [5, 5.41) is 2.82. The van der Waals surface area contributed by atoms with Crippen molar-refractivity contribution in [2.45, 2.75) is 44.1 Å². The summed E-state index contributed by atoms with van der Waals surface area (Å²) < 4.78 is 30.1. The summed E-state index contributed by atoms with van der Waals surface area (Å²) in [5.74, 6) is 0.430. The average Bonchev–Trinajstić information content (AvgIpc) is 2.58. The van der Waals surface area contributed by atoms with Gasteiger partial charge in [-0.15, -0.1) is 0 Å². The van der Waals surface area contributed by atoms with E-state index < -0.39 is 21.5 Å². The molecule has 0 radical (unpaired) electrons. The molecule has 1 unspecified atom stereocenters. The van der Waals surface area contributed by atoms with Crippen LogP contribution in [0.1, 0.15) is 33.6 Å². The van der Waals surface area contributed by atoms with Gasteiger partial charge in [0, 0.05) is 19.6 Å². The number of piperidine rings is 1. The maximum Gasteiger partial charge on any atom is 0.407 e. The van der Waals surface area contributed by atoms with Gasteiger partial charge >= 0.3 is 6.09 Å². The number of sulfone groups is 1. The summed E-state index contributed by atoms with van der Waals surface area (Å²) >= 11 is 0. The molecule has 2 rings (SSSR count). The molecule has 1 fully saturated rings. The molecule has 1 aromatic carbocycles. The Kier molecular flexibility index (Phi) is 7.06. The minimum atomic E-state index is -3.25. The van der Waals surface area contributed by atoms with Gasteiger partial charge in [0.05, 0.1) is 10.6 Å². The molecule has 1 saturated heterocycles. The van der Waals surface area contributed by atoms with E-state index in [9.17, 15) is 13.2 Å². The lowest BCUT2D eigenvalue weighted by atomic mass is 9.98. The van der Waals surface area contributed by atoms with Gasteiger partial charge in [0.15, 0.2) is 9.84 Å². The molecule has 1 aliphatic rings. The summed E-state index contributed by atoms with van der Waals surface area (Å²) in [6.07, 6.45) is 1.63. The number of hydrogen-bond acceptors (Lipinski definition) is 5. The van der Waals surface area contributed by atoms with Gasteiger partial charge in [-0.3, -0.25) is 0 Å². The molecule has 0 bridgehead atoms. The first-order valence-electron chi connectivity index (χ1n) is 9.13. The second-order valence-electron chi connectivity index (χ2n) is 7.82. The van der Waals surface area contributed by atoms with Gasteiger partial charge in [0.1, 0.15) is 5.60 Å². The van der Waals surface area contributed by atoms with Gasteiger partial charge in [-0.25, -0.2) is 13.2 Å². The van der Waals surface area contributed by atoms with Crippen molar-refractivity contribution in [2.75, 3.05) is 31.9 Å². The highest BCUT2D eigenvalue weighted by Crippen LogP contribution is 2.17.